The van der Waals surface area contributed by atoms with Crippen LogP contribution in [0.3, 0.4) is 0 Å². The van der Waals surface area contributed by atoms with Gasteiger partial charge in [-0.15, -0.1) is 0 Å². The lowest BCUT2D eigenvalue weighted by atomic mass is 10.2. The molecule has 0 rings (SSSR count). The third kappa shape index (κ3) is 4.14. The standard InChI is InChI=1S/C6H9F2IO/c1-2-3-4-5(10)6(7,8)9/h2-4H2,1H3. The fraction of sp³-hybridized carbons (Fsp3) is 0.833. The highest BCUT2D eigenvalue weighted by molar-refractivity contribution is 14.1. The molecule has 0 saturated heterocycles. The van der Waals surface area contributed by atoms with Crippen molar-refractivity contribution in [1.82, 2.24) is 0 Å². The van der Waals surface area contributed by atoms with Crippen LogP contribution in [-0.2, 0) is 4.79 Å². The second-order valence-corrected chi connectivity index (χ2v) is 3.38. The zero-order chi connectivity index (χ0) is 8.20. The van der Waals surface area contributed by atoms with E-state index in [-0.39, 0.29) is 6.42 Å². The van der Waals surface area contributed by atoms with Crippen LogP contribution in [0.4, 0.5) is 8.78 Å². The van der Waals surface area contributed by atoms with Crippen molar-refractivity contribution in [2.24, 2.45) is 0 Å². The van der Waals surface area contributed by atoms with Gasteiger partial charge in [-0.1, -0.05) is 13.3 Å². The van der Waals surface area contributed by atoms with Crippen LogP contribution in [0.25, 0.3) is 0 Å². The Labute approximate surface area is 72.3 Å². The van der Waals surface area contributed by atoms with Gasteiger partial charge in [-0.25, -0.2) is 0 Å². The Bertz CT molecular complexity index is 119. The Kier molecular flexibility index (Phi) is 4.31. The van der Waals surface area contributed by atoms with Crippen LogP contribution in [-0.4, -0.2) is 9.71 Å². The molecule has 0 aromatic heterocycles. The van der Waals surface area contributed by atoms with Crippen LogP contribution in [0.1, 0.15) is 26.2 Å². The molecule has 0 atom stereocenters. The molecule has 0 spiro atoms. The monoisotopic (exact) mass is 262 g/mol. The number of halogens is 3. The number of rotatable bonds is 4. The van der Waals surface area contributed by atoms with Gasteiger partial charge < -0.3 is 0 Å². The molecule has 0 aromatic carbocycles. The quantitative estimate of drug-likeness (QED) is 0.562. The van der Waals surface area contributed by atoms with Crippen LogP contribution < -0.4 is 0 Å². The first-order chi connectivity index (χ1) is 4.48. The largest absolute Gasteiger partial charge is 0.353 e. The maximum absolute atomic E-state index is 12.1. The second kappa shape index (κ2) is 4.20. The highest BCUT2D eigenvalue weighted by atomic mass is 127. The van der Waals surface area contributed by atoms with E-state index in [2.05, 4.69) is 0 Å². The molecule has 0 aliphatic heterocycles. The molecule has 10 heavy (non-hydrogen) atoms. The van der Waals surface area contributed by atoms with Crippen LogP contribution in [0, 0.1) is 0 Å². The lowest BCUT2D eigenvalue weighted by Gasteiger charge is -2.04. The van der Waals surface area contributed by atoms with Crippen molar-refractivity contribution in [2.45, 2.75) is 30.1 Å². The number of alkyl halides is 3. The number of unbranched alkanes of at least 4 members (excludes halogenated alkanes) is 1. The fourth-order valence-corrected chi connectivity index (χ4v) is 0.749. The number of hydrogen-bond donors (Lipinski definition) is 0. The van der Waals surface area contributed by atoms with Gasteiger partial charge in [-0.3, -0.25) is 4.79 Å². The molecule has 0 bridgehead atoms. The van der Waals surface area contributed by atoms with Gasteiger partial charge in [-0.05, 0) is 6.42 Å². The van der Waals surface area contributed by atoms with Crippen LogP contribution in [0.15, 0.2) is 0 Å². The Hall–Kier alpha value is 0.260. The smallest absolute Gasteiger partial charge is 0.292 e. The molecule has 1 nitrogen and oxygen atoms in total. The van der Waals surface area contributed by atoms with Crippen molar-refractivity contribution >= 4 is 28.4 Å². The molecule has 4 heteroatoms. The molecule has 0 amide bonds. The average molecular weight is 262 g/mol. The minimum Gasteiger partial charge on any atom is -0.292 e. The van der Waals surface area contributed by atoms with E-state index in [0.717, 1.165) is 29.0 Å². The first-order valence-corrected chi connectivity index (χ1v) is 4.16. The van der Waals surface area contributed by atoms with Gasteiger partial charge in [-0.2, -0.15) is 8.78 Å². The number of ketones is 1. The van der Waals surface area contributed by atoms with Crippen molar-refractivity contribution in [1.29, 1.82) is 0 Å². The van der Waals surface area contributed by atoms with Crippen LogP contribution in [0.5, 0.6) is 0 Å². The van der Waals surface area contributed by atoms with Crippen molar-refractivity contribution in [2.75, 3.05) is 0 Å². The van der Waals surface area contributed by atoms with Crippen molar-refractivity contribution < 1.29 is 13.6 Å². The summed E-state index contributed by atoms with van der Waals surface area (Å²) in [6.07, 6.45) is 1.32. The van der Waals surface area contributed by atoms with Crippen molar-refractivity contribution in [3.05, 3.63) is 0 Å². The maximum Gasteiger partial charge on any atom is 0.353 e. The Morgan fingerprint density at radius 2 is 2.10 bits per heavy atom. The van der Waals surface area contributed by atoms with E-state index in [1.54, 1.807) is 0 Å². The molecular weight excluding hydrogens is 253 g/mol. The predicted octanol–water partition coefficient (Wildman–Crippen LogP) is 2.77. The molecule has 0 unspecified atom stereocenters. The average Bonchev–Trinajstić information content (AvgIpc) is 1.80. The zero-order valence-electron chi connectivity index (χ0n) is 5.66. The number of Topliss-reactive ketones (excluding diaryl/α,β-unsaturated/α-hetero) is 1. The predicted molar refractivity (Wildman–Crippen MR) is 43.5 cm³/mol. The minimum absolute atomic E-state index is 0.00750. The van der Waals surface area contributed by atoms with Crippen LogP contribution >= 0.6 is 22.6 Å². The third-order valence-electron chi connectivity index (χ3n) is 1.07. The van der Waals surface area contributed by atoms with Gasteiger partial charge in [0.1, 0.15) is 0 Å². The van der Waals surface area contributed by atoms with Gasteiger partial charge in [0.05, 0.1) is 0 Å². The normalized spacial score (nSPS) is 11.6. The number of carbonyl (C=O) groups excluding carboxylic acids is 1. The summed E-state index contributed by atoms with van der Waals surface area (Å²) in [7, 11) is 0. The maximum atomic E-state index is 12.1. The van der Waals surface area contributed by atoms with E-state index >= 15 is 0 Å². The highest BCUT2D eigenvalue weighted by Crippen LogP contribution is 2.25. The minimum atomic E-state index is -3.16. The molecule has 0 aliphatic rings. The van der Waals surface area contributed by atoms with Gasteiger partial charge in [0.25, 0.3) is 0 Å². The van der Waals surface area contributed by atoms with Crippen molar-refractivity contribution in [3.8, 4) is 0 Å². The summed E-state index contributed by atoms with van der Waals surface area (Å²) in [6, 6.07) is 0. The lowest BCUT2D eigenvalue weighted by Crippen LogP contribution is -2.19. The van der Waals surface area contributed by atoms with E-state index in [1.807, 2.05) is 6.92 Å². The fourth-order valence-electron chi connectivity index (χ4n) is 0.479. The van der Waals surface area contributed by atoms with Crippen molar-refractivity contribution in [3.63, 3.8) is 0 Å². The molecule has 0 radical (unpaired) electrons. The highest BCUT2D eigenvalue weighted by Gasteiger charge is 2.33. The molecule has 0 aliphatic carbocycles. The summed E-state index contributed by atoms with van der Waals surface area (Å²) in [5.41, 5.74) is 0. The van der Waals surface area contributed by atoms with Gasteiger partial charge in [0.15, 0.2) is 0 Å². The zero-order valence-corrected chi connectivity index (χ0v) is 7.82. The molecule has 0 aromatic rings. The van der Waals surface area contributed by atoms with Gasteiger partial charge in [0, 0.05) is 29.0 Å². The Morgan fingerprint density at radius 1 is 1.60 bits per heavy atom. The van der Waals surface area contributed by atoms with E-state index in [4.69, 9.17) is 0 Å². The Balaban J connectivity index is 3.64. The molecule has 0 fully saturated rings. The molecule has 0 saturated carbocycles. The SMILES string of the molecule is CCCCC(=O)C(F)(F)I. The summed E-state index contributed by atoms with van der Waals surface area (Å²) in [5.74, 6) is -0.963. The van der Waals surface area contributed by atoms with E-state index < -0.39 is 9.71 Å². The Morgan fingerprint density at radius 3 is 2.40 bits per heavy atom. The lowest BCUT2D eigenvalue weighted by molar-refractivity contribution is -0.131. The van der Waals surface area contributed by atoms with Gasteiger partial charge >= 0.3 is 3.93 Å². The first kappa shape index (κ1) is 10.3. The van der Waals surface area contributed by atoms with E-state index in [1.165, 1.54) is 0 Å². The molecule has 0 N–H and O–H groups in total. The third-order valence-corrected chi connectivity index (χ3v) is 1.68. The summed E-state index contributed by atoms with van der Waals surface area (Å²) in [5, 5.41) is 0. The first-order valence-electron chi connectivity index (χ1n) is 3.08. The number of carbonyl (C=O) groups is 1. The van der Waals surface area contributed by atoms with Crippen LogP contribution in [0.2, 0.25) is 0 Å². The molecule has 60 valence electrons. The second-order valence-electron chi connectivity index (χ2n) is 2.02. The van der Waals surface area contributed by atoms with E-state index in [9.17, 15) is 13.6 Å². The summed E-state index contributed by atoms with van der Waals surface area (Å²) < 4.78 is 21.0. The van der Waals surface area contributed by atoms with Gasteiger partial charge in [0.2, 0.25) is 5.78 Å². The summed E-state index contributed by atoms with van der Waals surface area (Å²) in [6.45, 7) is 1.86. The number of hydrogen-bond acceptors (Lipinski definition) is 1. The summed E-state index contributed by atoms with van der Waals surface area (Å²) >= 11 is 0.859. The molecule has 0 heterocycles. The molecular formula is C6H9F2IO. The van der Waals surface area contributed by atoms with E-state index in [0.29, 0.717) is 6.42 Å². The topological polar surface area (TPSA) is 17.1 Å². The summed E-state index contributed by atoms with van der Waals surface area (Å²) in [4.78, 5) is 10.5.